The van der Waals surface area contributed by atoms with Gasteiger partial charge in [-0.25, -0.2) is 4.39 Å². The smallest absolute Gasteiger partial charge is 0.267 e. The van der Waals surface area contributed by atoms with Crippen LogP contribution in [0.5, 0.6) is 17.2 Å². The summed E-state index contributed by atoms with van der Waals surface area (Å²) in [4.78, 5) is 12.6. The predicted octanol–water partition coefficient (Wildman–Crippen LogP) is 7.74. The molecule has 1 aromatic heterocycles. The lowest BCUT2D eigenvalue weighted by Crippen LogP contribution is -2.40. The SMILES string of the molecule is COc1c(-c2cc(CO[Si](C)(C)C(C)(C)C)ccc2Oc2c(C)cc(F)cc2C)cn(C)c(=O)c1I. The van der Waals surface area contributed by atoms with Gasteiger partial charge < -0.3 is 18.5 Å². The largest absolute Gasteiger partial charge is 0.495 e. The number of halogens is 2. The molecule has 0 atom stereocenters. The van der Waals surface area contributed by atoms with Gasteiger partial charge >= 0.3 is 0 Å². The molecule has 0 bridgehead atoms. The van der Waals surface area contributed by atoms with Gasteiger partial charge in [0.1, 0.15) is 26.6 Å². The van der Waals surface area contributed by atoms with Crippen LogP contribution in [0.2, 0.25) is 18.1 Å². The monoisotopic (exact) mass is 623 g/mol. The van der Waals surface area contributed by atoms with Gasteiger partial charge in [0, 0.05) is 24.4 Å². The Labute approximate surface area is 227 Å². The van der Waals surface area contributed by atoms with E-state index in [1.54, 1.807) is 20.4 Å². The molecule has 0 aliphatic heterocycles. The van der Waals surface area contributed by atoms with Gasteiger partial charge in [-0.15, -0.1) is 0 Å². The Morgan fingerprint density at radius 2 is 1.64 bits per heavy atom. The maximum Gasteiger partial charge on any atom is 0.267 e. The topological polar surface area (TPSA) is 49.7 Å². The average molecular weight is 624 g/mol. The molecule has 36 heavy (non-hydrogen) atoms. The number of rotatable bonds is 7. The Morgan fingerprint density at radius 1 is 1.03 bits per heavy atom. The Morgan fingerprint density at radius 3 is 2.19 bits per heavy atom. The summed E-state index contributed by atoms with van der Waals surface area (Å²) in [5, 5.41) is 0.0908. The lowest BCUT2D eigenvalue weighted by molar-refractivity contribution is 0.276. The molecular formula is C28H35FINO4Si. The normalized spacial score (nSPS) is 12.1. The third-order valence-electron chi connectivity index (χ3n) is 6.86. The van der Waals surface area contributed by atoms with E-state index in [4.69, 9.17) is 13.9 Å². The highest BCUT2D eigenvalue weighted by atomic mass is 127. The summed E-state index contributed by atoms with van der Waals surface area (Å²) in [6.07, 6.45) is 1.76. The number of hydrogen-bond donors (Lipinski definition) is 0. The first-order valence-corrected chi connectivity index (χ1v) is 15.8. The van der Waals surface area contributed by atoms with E-state index in [9.17, 15) is 9.18 Å². The Hall–Kier alpha value is -2.17. The van der Waals surface area contributed by atoms with E-state index in [0.29, 0.717) is 38.6 Å². The van der Waals surface area contributed by atoms with E-state index in [0.717, 1.165) is 16.7 Å². The fraction of sp³-hybridized carbons (Fsp3) is 0.393. The lowest BCUT2D eigenvalue weighted by Gasteiger charge is -2.36. The summed E-state index contributed by atoms with van der Waals surface area (Å²) >= 11 is 2.02. The van der Waals surface area contributed by atoms with E-state index in [1.807, 2.05) is 54.6 Å². The van der Waals surface area contributed by atoms with Crippen molar-refractivity contribution in [2.75, 3.05) is 7.11 Å². The van der Waals surface area contributed by atoms with Gasteiger partial charge in [0.25, 0.3) is 5.56 Å². The van der Waals surface area contributed by atoms with E-state index >= 15 is 0 Å². The third-order valence-corrected chi connectivity index (χ3v) is 12.3. The molecule has 0 fully saturated rings. The van der Waals surface area contributed by atoms with Crippen molar-refractivity contribution in [3.05, 3.63) is 73.0 Å². The number of hydrogen-bond acceptors (Lipinski definition) is 4. The molecule has 0 spiro atoms. The minimum Gasteiger partial charge on any atom is -0.495 e. The van der Waals surface area contributed by atoms with Crippen molar-refractivity contribution in [1.82, 2.24) is 4.57 Å². The van der Waals surface area contributed by atoms with Crippen LogP contribution in [0.15, 0.2) is 41.3 Å². The number of aryl methyl sites for hydroxylation is 3. The second kappa shape index (κ2) is 10.7. The van der Waals surface area contributed by atoms with E-state index in [2.05, 4.69) is 33.9 Å². The van der Waals surface area contributed by atoms with Crippen LogP contribution in [-0.2, 0) is 18.1 Å². The highest BCUT2D eigenvalue weighted by molar-refractivity contribution is 14.1. The van der Waals surface area contributed by atoms with E-state index < -0.39 is 8.32 Å². The molecule has 0 unspecified atom stereocenters. The first kappa shape index (κ1) is 28.4. The van der Waals surface area contributed by atoms with Crippen LogP contribution in [0.25, 0.3) is 11.1 Å². The number of nitrogens with zero attached hydrogens (tertiary/aromatic N) is 1. The fourth-order valence-corrected chi connectivity index (χ4v) is 5.54. The second-order valence-corrected chi connectivity index (χ2v) is 16.5. The summed E-state index contributed by atoms with van der Waals surface area (Å²) in [6.45, 7) is 15.2. The number of benzene rings is 2. The first-order valence-electron chi connectivity index (χ1n) is 11.8. The van der Waals surface area contributed by atoms with Crippen LogP contribution in [-0.4, -0.2) is 20.0 Å². The van der Waals surface area contributed by atoms with Crippen molar-refractivity contribution in [3.8, 4) is 28.4 Å². The van der Waals surface area contributed by atoms with Gasteiger partial charge in [0.05, 0.1) is 13.7 Å². The van der Waals surface area contributed by atoms with E-state index in [-0.39, 0.29) is 16.4 Å². The van der Waals surface area contributed by atoms with Gasteiger partial charge in [-0.05, 0) is 95.5 Å². The first-order chi connectivity index (χ1) is 16.7. The van der Waals surface area contributed by atoms with Crippen molar-refractivity contribution in [1.29, 1.82) is 0 Å². The van der Waals surface area contributed by atoms with Crippen LogP contribution in [0, 0.1) is 23.2 Å². The van der Waals surface area contributed by atoms with Crippen LogP contribution in [0.1, 0.15) is 37.5 Å². The van der Waals surface area contributed by atoms with Crippen LogP contribution < -0.4 is 15.0 Å². The number of aromatic nitrogens is 1. The molecule has 5 nitrogen and oxygen atoms in total. The van der Waals surface area contributed by atoms with Gasteiger partial charge in [-0.1, -0.05) is 26.8 Å². The predicted molar refractivity (Wildman–Crippen MR) is 154 cm³/mol. The highest BCUT2D eigenvalue weighted by Crippen LogP contribution is 2.42. The molecule has 8 heteroatoms. The van der Waals surface area contributed by atoms with Gasteiger partial charge in [-0.3, -0.25) is 4.79 Å². The quantitative estimate of drug-likeness (QED) is 0.200. The molecule has 194 valence electrons. The molecule has 1 heterocycles. The lowest BCUT2D eigenvalue weighted by atomic mass is 10.0. The Kier molecular flexibility index (Phi) is 8.42. The Bertz CT molecular complexity index is 1320. The second-order valence-electron chi connectivity index (χ2n) is 10.7. The minimum absolute atomic E-state index is 0.0908. The maximum atomic E-state index is 13.9. The summed E-state index contributed by atoms with van der Waals surface area (Å²) in [6, 6.07) is 8.83. The number of methoxy groups -OCH3 is 1. The van der Waals surface area contributed by atoms with Crippen molar-refractivity contribution < 1.29 is 18.3 Å². The Balaban J connectivity index is 2.18. The van der Waals surface area contributed by atoms with Crippen molar-refractivity contribution in [2.24, 2.45) is 7.05 Å². The van der Waals surface area contributed by atoms with Gasteiger partial charge in [-0.2, -0.15) is 0 Å². The molecule has 2 aromatic carbocycles. The summed E-state index contributed by atoms with van der Waals surface area (Å²) < 4.78 is 34.5. The molecule has 0 aliphatic carbocycles. The third kappa shape index (κ3) is 5.86. The van der Waals surface area contributed by atoms with Crippen molar-refractivity contribution >= 4 is 30.9 Å². The summed E-state index contributed by atoms with van der Waals surface area (Å²) in [5.41, 5.74) is 3.74. The zero-order valence-electron chi connectivity index (χ0n) is 22.5. The van der Waals surface area contributed by atoms with Crippen LogP contribution in [0.4, 0.5) is 4.39 Å². The highest BCUT2D eigenvalue weighted by Gasteiger charge is 2.37. The molecular weight excluding hydrogens is 588 g/mol. The van der Waals surface area contributed by atoms with Crippen molar-refractivity contribution in [3.63, 3.8) is 0 Å². The van der Waals surface area contributed by atoms with Gasteiger partial charge in [0.2, 0.25) is 0 Å². The van der Waals surface area contributed by atoms with E-state index in [1.165, 1.54) is 16.7 Å². The molecule has 0 saturated carbocycles. The molecule has 0 N–H and O–H groups in total. The standard InChI is InChI=1S/C28H35FINO4Si/c1-17-12-20(29)13-18(2)25(17)35-23-11-10-19(16-34-36(8,9)28(3,4)5)14-21(23)22-15-31(6)27(32)24(30)26(22)33-7/h10-15H,16H2,1-9H3. The fourth-order valence-electron chi connectivity index (χ4n) is 3.69. The minimum atomic E-state index is -1.96. The molecule has 0 radical (unpaired) electrons. The molecule has 0 saturated heterocycles. The zero-order chi connectivity index (χ0) is 27.0. The molecule has 3 aromatic rings. The molecule has 3 rings (SSSR count). The molecule has 0 aliphatic rings. The van der Waals surface area contributed by atoms with Crippen LogP contribution >= 0.6 is 22.6 Å². The molecule has 0 amide bonds. The summed E-state index contributed by atoms with van der Waals surface area (Å²) in [7, 11) is 1.31. The van der Waals surface area contributed by atoms with Crippen molar-refractivity contribution in [2.45, 2.75) is 59.4 Å². The maximum absolute atomic E-state index is 13.9. The number of ether oxygens (including phenoxy) is 2. The van der Waals surface area contributed by atoms with Gasteiger partial charge in [0.15, 0.2) is 8.32 Å². The van der Waals surface area contributed by atoms with Crippen LogP contribution in [0.3, 0.4) is 0 Å². The summed E-state index contributed by atoms with van der Waals surface area (Å²) in [5.74, 6) is 1.36. The zero-order valence-corrected chi connectivity index (χ0v) is 25.7. The average Bonchev–Trinajstić information content (AvgIpc) is 2.78. The number of pyridine rings is 1.